The molecule has 94 valence electrons. The Bertz CT molecular complexity index is 218. The van der Waals surface area contributed by atoms with Gasteiger partial charge in [-0.05, 0) is 25.8 Å². The van der Waals surface area contributed by atoms with Gasteiger partial charge in [0.15, 0.2) is 0 Å². The maximum absolute atomic E-state index is 11.7. The summed E-state index contributed by atoms with van der Waals surface area (Å²) in [5.41, 5.74) is 0. The van der Waals surface area contributed by atoms with Gasteiger partial charge in [0.2, 0.25) is 0 Å². The van der Waals surface area contributed by atoms with Crippen molar-refractivity contribution in [2.45, 2.75) is 32.7 Å². The molecule has 0 aromatic heterocycles. The molecule has 1 rings (SSSR count). The van der Waals surface area contributed by atoms with Crippen LogP contribution >= 0.6 is 0 Å². The van der Waals surface area contributed by atoms with Crippen LogP contribution in [0.15, 0.2) is 0 Å². The van der Waals surface area contributed by atoms with Crippen LogP contribution in [-0.2, 0) is 14.3 Å². The van der Waals surface area contributed by atoms with Gasteiger partial charge >= 0.3 is 5.97 Å². The van der Waals surface area contributed by atoms with Crippen molar-refractivity contribution in [2.24, 2.45) is 11.8 Å². The molecule has 1 N–H and O–H groups in total. The van der Waals surface area contributed by atoms with Gasteiger partial charge in [-0.15, -0.1) is 0 Å². The largest absolute Gasteiger partial charge is 0.465 e. The van der Waals surface area contributed by atoms with E-state index in [-0.39, 0.29) is 17.9 Å². The Morgan fingerprint density at radius 1 is 1.50 bits per heavy atom. The highest BCUT2D eigenvalue weighted by Crippen LogP contribution is 2.15. The molecule has 2 atom stereocenters. The van der Waals surface area contributed by atoms with Crippen molar-refractivity contribution in [1.82, 2.24) is 5.32 Å². The first-order valence-electron chi connectivity index (χ1n) is 6.06. The Morgan fingerprint density at radius 2 is 2.25 bits per heavy atom. The number of likely N-dealkylation sites (N-methyl/N-ethyl adjacent to an activating group) is 1. The van der Waals surface area contributed by atoms with Crippen molar-refractivity contribution in [3.63, 3.8) is 0 Å². The summed E-state index contributed by atoms with van der Waals surface area (Å²) in [6.07, 6.45) is 2.05. The first-order valence-corrected chi connectivity index (χ1v) is 6.06. The molecule has 1 aliphatic rings. The maximum atomic E-state index is 11.7. The highest BCUT2D eigenvalue weighted by molar-refractivity contribution is 5.73. The van der Waals surface area contributed by atoms with Gasteiger partial charge in [0, 0.05) is 6.04 Å². The Kier molecular flexibility index (Phi) is 5.77. The number of carbonyl (C=O) groups is 1. The van der Waals surface area contributed by atoms with Crippen molar-refractivity contribution >= 4 is 5.97 Å². The molecule has 1 heterocycles. The molecular weight excluding hydrogens is 206 g/mol. The van der Waals surface area contributed by atoms with E-state index in [1.807, 2.05) is 7.05 Å². The van der Waals surface area contributed by atoms with Gasteiger partial charge in [-0.1, -0.05) is 13.8 Å². The fourth-order valence-electron chi connectivity index (χ4n) is 1.84. The first-order chi connectivity index (χ1) is 7.65. The molecule has 4 heteroatoms. The van der Waals surface area contributed by atoms with Crippen LogP contribution in [0, 0.1) is 11.8 Å². The highest BCUT2D eigenvalue weighted by atomic mass is 16.5. The van der Waals surface area contributed by atoms with Gasteiger partial charge in [0.05, 0.1) is 25.7 Å². The number of rotatable bonds is 6. The Hall–Kier alpha value is -0.610. The van der Waals surface area contributed by atoms with Crippen LogP contribution in [-0.4, -0.2) is 38.9 Å². The molecular formula is C12H23NO3. The zero-order valence-electron chi connectivity index (χ0n) is 10.5. The predicted molar refractivity (Wildman–Crippen MR) is 62.2 cm³/mol. The Balaban J connectivity index is 2.19. The standard InChI is InChI=1S/C12H23NO3/c1-9(2)5-4-6-16-12(14)10-7-15-8-11(10)13-3/h9-11,13H,4-8H2,1-3H3. The van der Waals surface area contributed by atoms with Crippen molar-refractivity contribution in [3.8, 4) is 0 Å². The van der Waals surface area contributed by atoms with Crippen LogP contribution in [0.2, 0.25) is 0 Å². The number of ether oxygens (including phenoxy) is 2. The minimum absolute atomic E-state index is 0.109. The second-order valence-electron chi connectivity index (χ2n) is 4.74. The van der Waals surface area contributed by atoms with E-state index >= 15 is 0 Å². The van der Waals surface area contributed by atoms with Gasteiger partial charge in [0.25, 0.3) is 0 Å². The summed E-state index contributed by atoms with van der Waals surface area (Å²) in [5.74, 6) is 0.406. The lowest BCUT2D eigenvalue weighted by molar-refractivity contribution is -0.149. The molecule has 1 aliphatic heterocycles. The summed E-state index contributed by atoms with van der Waals surface area (Å²) in [6, 6.07) is 0.109. The normalized spacial score (nSPS) is 25.0. The molecule has 0 bridgehead atoms. The molecule has 0 spiro atoms. The van der Waals surface area contributed by atoms with Gasteiger partial charge < -0.3 is 14.8 Å². The van der Waals surface area contributed by atoms with E-state index in [0.29, 0.717) is 25.7 Å². The minimum atomic E-state index is -0.135. The highest BCUT2D eigenvalue weighted by Gasteiger charge is 2.34. The molecule has 0 amide bonds. The molecule has 0 aromatic rings. The average Bonchev–Trinajstić information content (AvgIpc) is 2.71. The predicted octanol–water partition coefficient (Wildman–Crippen LogP) is 1.20. The lowest BCUT2D eigenvalue weighted by Gasteiger charge is -2.15. The number of nitrogens with one attached hydrogen (secondary N) is 1. The monoisotopic (exact) mass is 229 g/mol. The summed E-state index contributed by atoms with van der Waals surface area (Å²) in [5, 5.41) is 3.08. The zero-order valence-corrected chi connectivity index (χ0v) is 10.5. The quantitative estimate of drug-likeness (QED) is 0.549. The van der Waals surface area contributed by atoms with E-state index in [4.69, 9.17) is 9.47 Å². The number of esters is 1. The Morgan fingerprint density at radius 3 is 2.88 bits per heavy atom. The van der Waals surface area contributed by atoms with Crippen molar-refractivity contribution < 1.29 is 14.3 Å². The zero-order chi connectivity index (χ0) is 12.0. The lowest BCUT2D eigenvalue weighted by Crippen LogP contribution is -2.37. The van der Waals surface area contributed by atoms with Crippen molar-refractivity contribution in [1.29, 1.82) is 0 Å². The molecule has 0 aromatic carbocycles. The molecule has 1 fully saturated rings. The van der Waals surface area contributed by atoms with Crippen LogP contribution < -0.4 is 5.32 Å². The lowest BCUT2D eigenvalue weighted by atomic mass is 10.0. The second kappa shape index (κ2) is 6.86. The molecule has 0 saturated carbocycles. The fraction of sp³-hybridized carbons (Fsp3) is 0.917. The molecule has 0 radical (unpaired) electrons. The number of carbonyl (C=O) groups excluding carboxylic acids is 1. The third-order valence-electron chi connectivity index (χ3n) is 2.92. The first kappa shape index (κ1) is 13.5. The minimum Gasteiger partial charge on any atom is -0.465 e. The molecule has 16 heavy (non-hydrogen) atoms. The van der Waals surface area contributed by atoms with Crippen LogP contribution in [0.25, 0.3) is 0 Å². The van der Waals surface area contributed by atoms with E-state index in [0.717, 1.165) is 12.8 Å². The summed E-state index contributed by atoms with van der Waals surface area (Å²) in [4.78, 5) is 11.7. The molecule has 4 nitrogen and oxygen atoms in total. The van der Waals surface area contributed by atoms with Crippen molar-refractivity contribution in [2.75, 3.05) is 26.9 Å². The van der Waals surface area contributed by atoms with E-state index < -0.39 is 0 Å². The molecule has 2 unspecified atom stereocenters. The molecule has 1 saturated heterocycles. The summed E-state index contributed by atoms with van der Waals surface area (Å²) < 4.78 is 10.5. The van der Waals surface area contributed by atoms with Gasteiger partial charge in [0.1, 0.15) is 0 Å². The summed E-state index contributed by atoms with van der Waals surface area (Å²) >= 11 is 0. The smallest absolute Gasteiger partial charge is 0.312 e. The topological polar surface area (TPSA) is 47.6 Å². The van der Waals surface area contributed by atoms with Crippen molar-refractivity contribution in [3.05, 3.63) is 0 Å². The Labute approximate surface area is 97.7 Å². The van der Waals surface area contributed by atoms with Crippen LogP contribution in [0.4, 0.5) is 0 Å². The maximum Gasteiger partial charge on any atom is 0.312 e. The summed E-state index contributed by atoms with van der Waals surface area (Å²) in [6.45, 7) is 5.95. The summed E-state index contributed by atoms with van der Waals surface area (Å²) in [7, 11) is 1.85. The van der Waals surface area contributed by atoms with Crippen LogP contribution in [0.5, 0.6) is 0 Å². The SMILES string of the molecule is CNC1COCC1C(=O)OCCCC(C)C. The van der Waals surface area contributed by atoms with Gasteiger partial charge in [-0.3, -0.25) is 4.79 Å². The van der Waals surface area contributed by atoms with E-state index in [2.05, 4.69) is 19.2 Å². The van der Waals surface area contributed by atoms with E-state index in [1.54, 1.807) is 0 Å². The third-order valence-corrected chi connectivity index (χ3v) is 2.92. The molecule has 0 aliphatic carbocycles. The van der Waals surface area contributed by atoms with Gasteiger partial charge in [-0.2, -0.15) is 0 Å². The average molecular weight is 229 g/mol. The fourth-order valence-corrected chi connectivity index (χ4v) is 1.84. The van der Waals surface area contributed by atoms with Gasteiger partial charge in [-0.25, -0.2) is 0 Å². The second-order valence-corrected chi connectivity index (χ2v) is 4.74. The van der Waals surface area contributed by atoms with Crippen LogP contribution in [0.1, 0.15) is 26.7 Å². The number of hydrogen-bond acceptors (Lipinski definition) is 4. The van der Waals surface area contributed by atoms with Crippen LogP contribution in [0.3, 0.4) is 0 Å². The third kappa shape index (κ3) is 4.10. The van der Waals surface area contributed by atoms with E-state index in [9.17, 15) is 4.79 Å². The van der Waals surface area contributed by atoms with E-state index in [1.165, 1.54) is 0 Å². The number of hydrogen-bond donors (Lipinski definition) is 1.